The highest BCUT2D eigenvalue weighted by Crippen LogP contribution is 2.38. The molecule has 2 N–H and O–H groups in total. The van der Waals surface area contributed by atoms with Gasteiger partial charge in [0, 0.05) is 25.4 Å². The van der Waals surface area contributed by atoms with E-state index in [4.69, 9.17) is 10.5 Å². The largest absolute Gasteiger partial charge is 0.382 e. The van der Waals surface area contributed by atoms with Crippen LogP contribution in [0.5, 0.6) is 0 Å². The van der Waals surface area contributed by atoms with Crippen LogP contribution in [0.4, 0.5) is 5.82 Å². The minimum absolute atomic E-state index is 0.118. The van der Waals surface area contributed by atoms with Gasteiger partial charge in [0.05, 0.1) is 5.60 Å². The zero-order valence-electron chi connectivity index (χ0n) is 9.49. The van der Waals surface area contributed by atoms with Gasteiger partial charge in [-0.3, -0.25) is 4.68 Å². The van der Waals surface area contributed by atoms with Crippen LogP contribution in [0.15, 0.2) is 6.07 Å². The van der Waals surface area contributed by atoms with Crippen molar-refractivity contribution in [2.24, 2.45) is 0 Å². The molecule has 1 fully saturated rings. The maximum Gasteiger partial charge on any atom is 0.145 e. The molecule has 0 amide bonds. The predicted octanol–water partition coefficient (Wildman–Crippen LogP) is 1.73. The number of ether oxygens (including phenoxy) is 1. The zero-order valence-corrected chi connectivity index (χ0v) is 9.49. The summed E-state index contributed by atoms with van der Waals surface area (Å²) in [6, 6.07) is 1.90. The van der Waals surface area contributed by atoms with Crippen LogP contribution in [0.25, 0.3) is 0 Å². The topological polar surface area (TPSA) is 53.1 Å². The molecule has 1 heterocycles. The van der Waals surface area contributed by atoms with E-state index in [9.17, 15) is 0 Å². The van der Waals surface area contributed by atoms with Gasteiger partial charge in [-0.15, -0.1) is 0 Å². The Morgan fingerprint density at radius 3 is 2.73 bits per heavy atom. The highest BCUT2D eigenvalue weighted by Gasteiger charge is 2.36. The highest BCUT2D eigenvalue weighted by molar-refractivity contribution is 5.28. The number of rotatable bonds is 4. The summed E-state index contributed by atoms with van der Waals surface area (Å²) in [7, 11) is 1.81. The van der Waals surface area contributed by atoms with Crippen LogP contribution < -0.4 is 5.73 Å². The van der Waals surface area contributed by atoms with Crippen molar-refractivity contribution in [3.05, 3.63) is 11.8 Å². The average molecular weight is 209 g/mol. The number of hydrogen-bond donors (Lipinski definition) is 1. The summed E-state index contributed by atoms with van der Waals surface area (Å²) in [5.41, 5.74) is 6.88. The molecule has 15 heavy (non-hydrogen) atoms. The second-order valence-corrected chi connectivity index (χ2v) is 4.42. The summed E-state index contributed by atoms with van der Waals surface area (Å²) >= 11 is 0. The standard InChI is InChI=1S/C11H19N3O/c1-9-8-10(12)13-14(9)7-6-11(15-2)4-3-5-11/h8H,3-7H2,1-2H3,(H2,12,13). The van der Waals surface area contributed by atoms with Crippen LogP contribution >= 0.6 is 0 Å². The van der Waals surface area contributed by atoms with E-state index >= 15 is 0 Å². The molecule has 0 saturated heterocycles. The number of aryl methyl sites for hydroxylation is 2. The molecular weight excluding hydrogens is 190 g/mol. The molecule has 1 aliphatic rings. The molecule has 4 heteroatoms. The Morgan fingerprint density at radius 2 is 2.33 bits per heavy atom. The number of nitrogens with zero attached hydrogens (tertiary/aromatic N) is 2. The Morgan fingerprint density at radius 1 is 1.60 bits per heavy atom. The first-order valence-corrected chi connectivity index (χ1v) is 5.50. The van der Waals surface area contributed by atoms with Crippen molar-refractivity contribution in [1.82, 2.24) is 9.78 Å². The van der Waals surface area contributed by atoms with Crippen molar-refractivity contribution in [2.75, 3.05) is 12.8 Å². The molecular formula is C11H19N3O. The lowest BCUT2D eigenvalue weighted by atomic mass is 9.77. The van der Waals surface area contributed by atoms with Crippen molar-refractivity contribution < 1.29 is 4.74 Å². The van der Waals surface area contributed by atoms with Crippen LogP contribution in [0.1, 0.15) is 31.4 Å². The van der Waals surface area contributed by atoms with Crippen LogP contribution in [0.3, 0.4) is 0 Å². The maximum absolute atomic E-state index is 5.63. The second kappa shape index (κ2) is 3.85. The van der Waals surface area contributed by atoms with Crippen molar-refractivity contribution in [2.45, 2.75) is 44.8 Å². The van der Waals surface area contributed by atoms with Crippen molar-refractivity contribution >= 4 is 5.82 Å². The highest BCUT2D eigenvalue weighted by atomic mass is 16.5. The van der Waals surface area contributed by atoms with Gasteiger partial charge < -0.3 is 10.5 Å². The average Bonchev–Trinajstić information content (AvgIpc) is 2.44. The molecule has 0 spiro atoms. The van der Waals surface area contributed by atoms with E-state index in [1.165, 1.54) is 19.3 Å². The van der Waals surface area contributed by atoms with Gasteiger partial charge in [-0.2, -0.15) is 5.10 Å². The van der Waals surface area contributed by atoms with Crippen LogP contribution in [0, 0.1) is 6.92 Å². The Balaban J connectivity index is 1.95. The molecule has 0 aliphatic heterocycles. The van der Waals surface area contributed by atoms with Crippen LogP contribution in [0.2, 0.25) is 0 Å². The van der Waals surface area contributed by atoms with E-state index < -0.39 is 0 Å². The van der Waals surface area contributed by atoms with Gasteiger partial charge in [0.1, 0.15) is 5.82 Å². The van der Waals surface area contributed by atoms with Crippen LogP contribution in [-0.2, 0) is 11.3 Å². The van der Waals surface area contributed by atoms with E-state index in [2.05, 4.69) is 5.10 Å². The first-order valence-electron chi connectivity index (χ1n) is 5.50. The third-order valence-electron chi connectivity index (χ3n) is 3.48. The summed E-state index contributed by atoms with van der Waals surface area (Å²) in [6.07, 6.45) is 4.68. The minimum atomic E-state index is 0.118. The number of nitrogens with two attached hydrogens (primary N) is 1. The lowest BCUT2D eigenvalue weighted by molar-refractivity contribution is -0.0805. The minimum Gasteiger partial charge on any atom is -0.382 e. The molecule has 0 aromatic carbocycles. The number of anilines is 1. The quantitative estimate of drug-likeness (QED) is 0.821. The Bertz CT molecular complexity index is 336. The smallest absolute Gasteiger partial charge is 0.145 e. The molecule has 2 rings (SSSR count). The summed E-state index contributed by atoms with van der Waals surface area (Å²) < 4.78 is 7.54. The van der Waals surface area contributed by atoms with E-state index in [-0.39, 0.29) is 5.60 Å². The molecule has 1 aromatic rings. The third kappa shape index (κ3) is 2.00. The number of aromatic nitrogens is 2. The SMILES string of the molecule is COC1(CCn2nc(N)cc2C)CCC1. The summed E-state index contributed by atoms with van der Waals surface area (Å²) in [4.78, 5) is 0. The van der Waals surface area contributed by atoms with Gasteiger partial charge in [-0.1, -0.05) is 0 Å². The van der Waals surface area contributed by atoms with Gasteiger partial charge in [0.2, 0.25) is 0 Å². The summed E-state index contributed by atoms with van der Waals surface area (Å²) in [5.74, 6) is 0.604. The monoisotopic (exact) mass is 209 g/mol. The molecule has 0 bridgehead atoms. The van der Waals surface area contributed by atoms with E-state index in [0.717, 1.165) is 18.7 Å². The number of hydrogen-bond acceptors (Lipinski definition) is 3. The summed E-state index contributed by atoms with van der Waals surface area (Å²) in [5, 5.41) is 4.24. The summed E-state index contributed by atoms with van der Waals surface area (Å²) in [6.45, 7) is 2.93. The lowest BCUT2D eigenvalue weighted by Crippen LogP contribution is -2.40. The van der Waals surface area contributed by atoms with Gasteiger partial charge in [-0.25, -0.2) is 0 Å². The van der Waals surface area contributed by atoms with Crippen LogP contribution in [-0.4, -0.2) is 22.5 Å². The molecule has 1 aliphatic carbocycles. The number of methoxy groups -OCH3 is 1. The zero-order chi connectivity index (χ0) is 10.9. The molecule has 1 aromatic heterocycles. The normalized spacial score (nSPS) is 18.8. The maximum atomic E-state index is 5.63. The van der Waals surface area contributed by atoms with Gasteiger partial charge in [0.25, 0.3) is 0 Å². The molecule has 84 valence electrons. The number of nitrogen functional groups attached to an aromatic ring is 1. The van der Waals surface area contributed by atoms with Gasteiger partial charge >= 0.3 is 0 Å². The van der Waals surface area contributed by atoms with Gasteiger partial charge in [-0.05, 0) is 32.6 Å². The predicted molar refractivity (Wildman–Crippen MR) is 59.6 cm³/mol. The molecule has 4 nitrogen and oxygen atoms in total. The van der Waals surface area contributed by atoms with E-state index in [1.54, 1.807) is 0 Å². The van der Waals surface area contributed by atoms with Crippen molar-refractivity contribution in [3.63, 3.8) is 0 Å². The first-order chi connectivity index (χ1) is 7.15. The molecule has 0 atom stereocenters. The Hall–Kier alpha value is -1.03. The fourth-order valence-electron chi connectivity index (χ4n) is 2.20. The Kier molecular flexibility index (Phi) is 2.69. The first kappa shape index (κ1) is 10.5. The second-order valence-electron chi connectivity index (χ2n) is 4.42. The van der Waals surface area contributed by atoms with E-state index in [1.807, 2.05) is 24.8 Å². The van der Waals surface area contributed by atoms with Crippen molar-refractivity contribution in [3.8, 4) is 0 Å². The Labute approximate surface area is 90.4 Å². The third-order valence-corrected chi connectivity index (χ3v) is 3.48. The molecule has 0 unspecified atom stereocenters. The van der Waals surface area contributed by atoms with E-state index in [0.29, 0.717) is 5.82 Å². The van der Waals surface area contributed by atoms with Gasteiger partial charge in [0.15, 0.2) is 0 Å². The van der Waals surface area contributed by atoms with Crippen molar-refractivity contribution in [1.29, 1.82) is 0 Å². The lowest BCUT2D eigenvalue weighted by Gasteiger charge is -2.40. The fourth-order valence-corrected chi connectivity index (χ4v) is 2.20. The molecule has 0 radical (unpaired) electrons. The fraction of sp³-hybridized carbons (Fsp3) is 0.727. The molecule has 1 saturated carbocycles.